The summed E-state index contributed by atoms with van der Waals surface area (Å²) in [6.07, 6.45) is 1.71. The second-order valence-electron chi connectivity index (χ2n) is 5.24. The minimum atomic E-state index is -0.402. The fourth-order valence-electron chi connectivity index (χ4n) is 2.26. The molecule has 1 heterocycles. The van der Waals surface area contributed by atoms with E-state index in [1.54, 1.807) is 48.5 Å². The number of carbonyl (C=O) groups is 2. The van der Waals surface area contributed by atoms with E-state index in [-0.39, 0.29) is 4.32 Å². The van der Waals surface area contributed by atoms with Gasteiger partial charge in [0.1, 0.15) is 0 Å². The van der Waals surface area contributed by atoms with E-state index in [2.05, 4.69) is 0 Å². The van der Waals surface area contributed by atoms with Crippen molar-refractivity contribution in [1.82, 2.24) is 4.90 Å². The van der Waals surface area contributed by atoms with Gasteiger partial charge >= 0.3 is 0 Å². The number of nitrogens with zero attached hydrogens (tertiary/aromatic N) is 1. The van der Waals surface area contributed by atoms with Gasteiger partial charge in [0.25, 0.3) is 11.8 Å². The molecule has 0 aliphatic carbocycles. The van der Waals surface area contributed by atoms with Crippen molar-refractivity contribution in [3.05, 3.63) is 75.1 Å². The van der Waals surface area contributed by atoms with E-state index in [0.717, 1.165) is 27.8 Å². The lowest BCUT2D eigenvalue weighted by atomic mass is 10.1. The van der Waals surface area contributed by atoms with Crippen LogP contribution in [0.5, 0.6) is 0 Å². The van der Waals surface area contributed by atoms with Crippen molar-refractivity contribution in [1.29, 1.82) is 0 Å². The number of amides is 2. The number of imide groups is 1. The maximum absolute atomic E-state index is 12.6. The highest BCUT2D eigenvalue weighted by atomic mass is 35.5. The summed E-state index contributed by atoms with van der Waals surface area (Å²) in [7, 11) is 0. The van der Waals surface area contributed by atoms with Crippen LogP contribution in [0.4, 0.5) is 0 Å². The summed E-state index contributed by atoms with van der Waals surface area (Å²) in [6.45, 7) is 1.89. The predicted molar refractivity (Wildman–Crippen MR) is 102 cm³/mol. The lowest BCUT2D eigenvalue weighted by Gasteiger charge is -2.12. The van der Waals surface area contributed by atoms with Crippen LogP contribution in [0.3, 0.4) is 0 Å². The molecule has 0 bridgehead atoms. The normalized spacial score (nSPS) is 16.1. The molecule has 120 valence electrons. The highest BCUT2D eigenvalue weighted by Gasteiger charge is 2.37. The first-order valence-corrected chi connectivity index (χ1v) is 8.70. The van der Waals surface area contributed by atoms with E-state index in [4.69, 9.17) is 23.8 Å². The minimum Gasteiger partial charge on any atom is -0.268 e. The Morgan fingerprint density at radius 2 is 1.92 bits per heavy atom. The Labute approximate surface area is 154 Å². The van der Waals surface area contributed by atoms with Crippen molar-refractivity contribution in [2.45, 2.75) is 6.92 Å². The van der Waals surface area contributed by atoms with Gasteiger partial charge in [-0.3, -0.25) is 9.59 Å². The molecule has 1 fully saturated rings. The third kappa shape index (κ3) is 3.43. The van der Waals surface area contributed by atoms with Crippen LogP contribution in [0.2, 0.25) is 5.02 Å². The van der Waals surface area contributed by atoms with Gasteiger partial charge in [0.05, 0.1) is 4.91 Å². The first-order chi connectivity index (χ1) is 11.5. The van der Waals surface area contributed by atoms with E-state index in [9.17, 15) is 9.59 Å². The molecule has 3 nitrogen and oxygen atoms in total. The maximum atomic E-state index is 12.6. The topological polar surface area (TPSA) is 37.4 Å². The Hall–Kier alpha value is -1.95. The largest absolute Gasteiger partial charge is 0.273 e. The monoisotopic (exact) mass is 373 g/mol. The van der Waals surface area contributed by atoms with Crippen LogP contribution in [0.1, 0.15) is 21.5 Å². The van der Waals surface area contributed by atoms with Crippen LogP contribution in [0.25, 0.3) is 6.08 Å². The molecule has 1 aliphatic rings. The Morgan fingerprint density at radius 3 is 2.58 bits per heavy atom. The average molecular weight is 374 g/mol. The molecule has 2 aromatic rings. The molecule has 3 rings (SSSR count). The molecule has 0 spiro atoms. The molecule has 0 saturated carbocycles. The molecule has 2 amide bonds. The molecule has 0 N–H and O–H groups in total. The van der Waals surface area contributed by atoms with Crippen LogP contribution in [-0.4, -0.2) is 21.0 Å². The molecule has 1 saturated heterocycles. The maximum Gasteiger partial charge on any atom is 0.273 e. The van der Waals surface area contributed by atoms with Gasteiger partial charge in [-0.05, 0) is 42.8 Å². The number of benzene rings is 2. The van der Waals surface area contributed by atoms with Crippen LogP contribution < -0.4 is 0 Å². The number of thioether (sulfide) groups is 1. The zero-order valence-electron chi connectivity index (χ0n) is 12.7. The standard InChI is InChI=1S/C18H12ClNO2S2/c1-11-3-2-4-13(9-11)16(21)20-17(22)15(24-18(20)23)10-12-5-7-14(19)8-6-12/h2-10H,1H3. The van der Waals surface area contributed by atoms with E-state index in [0.29, 0.717) is 15.5 Å². The minimum absolute atomic E-state index is 0.242. The summed E-state index contributed by atoms with van der Waals surface area (Å²) in [5.74, 6) is -0.799. The van der Waals surface area contributed by atoms with Crippen molar-refractivity contribution < 1.29 is 9.59 Å². The third-order valence-electron chi connectivity index (χ3n) is 3.43. The third-order valence-corrected chi connectivity index (χ3v) is 4.98. The number of rotatable bonds is 2. The second kappa shape index (κ2) is 6.89. The molecule has 0 unspecified atom stereocenters. The Bertz CT molecular complexity index is 875. The molecule has 2 aromatic carbocycles. The number of thiocarbonyl (C=S) groups is 1. The molecule has 24 heavy (non-hydrogen) atoms. The summed E-state index contributed by atoms with van der Waals surface area (Å²) in [5, 5.41) is 0.620. The van der Waals surface area contributed by atoms with Crippen LogP contribution >= 0.6 is 35.6 Å². The Balaban J connectivity index is 1.89. The fourth-order valence-corrected chi connectivity index (χ4v) is 3.64. The number of carbonyl (C=O) groups excluding carboxylic acids is 2. The summed E-state index contributed by atoms with van der Waals surface area (Å²) in [4.78, 5) is 26.7. The van der Waals surface area contributed by atoms with Gasteiger partial charge in [-0.15, -0.1) is 0 Å². The number of aryl methyl sites for hydroxylation is 1. The molecule has 0 aromatic heterocycles. The van der Waals surface area contributed by atoms with E-state index in [1.165, 1.54) is 0 Å². The zero-order valence-corrected chi connectivity index (χ0v) is 15.0. The van der Waals surface area contributed by atoms with Crippen molar-refractivity contribution in [3.8, 4) is 0 Å². The number of hydrogen-bond acceptors (Lipinski definition) is 4. The van der Waals surface area contributed by atoms with Gasteiger partial charge in [-0.1, -0.05) is 65.4 Å². The summed E-state index contributed by atoms with van der Waals surface area (Å²) >= 11 is 12.2. The SMILES string of the molecule is Cc1cccc(C(=O)N2C(=O)C(=Cc3ccc(Cl)cc3)SC2=S)c1. The van der Waals surface area contributed by atoms with Crippen molar-refractivity contribution in [2.24, 2.45) is 0 Å². The lowest BCUT2D eigenvalue weighted by Crippen LogP contribution is -2.34. The first-order valence-electron chi connectivity index (χ1n) is 7.10. The predicted octanol–water partition coefficient (Wildman–Crippen LogP) is 4.69. The molecular formula is C18H12ClNO2S2. The van der Waals surface area contributed by atoms with Crippen LogP contribution in [-0.2, 0) is 4.79 Å². The Morgan fingerprint density at radius 1 is 1.21 bits per heavy atom. The summed E-state index contributed by atoms with van der Waals surface area (Å²) < 4.78 is 0.242. The van der Waals surface area contributed by atoms with E-state index >= 15 is 0 Å². The van der Waals surface area contributed by atoms with Gasteiger partial charge in [0.2, 0.25) is 0 Å². The van der Waals surface area contributed by atoms with Gasteiger partial charge < -0.3 is 0 Å². The van der Waals surface area contributed by atoms with Gasteiger partial charge in [0, 0.05) is 10.6 Å². The zero-order chi connectivity index (χ0) is 17.3. The summed E-state index contributed by atoms with van der Waals surface area (Å²) in [5.41, 5.74) is 2.21. The first kappa shape index (κ1) is 16.9. The van der Waals surface area contributed by atoms with E-state index in [1.807, 2.05) is 13.0 Å². The van der Waals surface area contributed by atoms with E-state index < -0.39 is 11.8 Å². The van der Waals surface area contributed by atoms with Gasteiger partial charge in [0.15, 0.2) is 4.32 Å². The highest BCUT2D eigenvalue weighted by molar-refractivity contribution is 8.26. The van der Waals surface area contributed by atoms with Crippen LogP contribution in [0.15, 0.2) is 53.4 Å². The Kier molecular flexibility index (Phi) is 4.85. The second-order valence-corrected chi connectivity index (χ2v) is 7.36. The molecule has 0 atom stereocenters. The quantitative estimate of drug-likeness (QED) is 0.435. The average Bonchev–Trinajstić information content (AvgIpc) is 2.83. The van der Waals surface area contributed by atoms with Crippen LogP contribution in [0, 0.1) is 6.92 Å². The molecular weight excluding hydrogens is 362 g/mol. The van der Waals surface area contributed by atoms with Gasteiger partial charge in [-0.2, -0.15) is 0 Å². The van der Waals surface area contributed by atoms with Gasteiger partial charge in [-0.25, -0.2) is 4.90 Å². The summed E-state index contributed by atoms with van der Waals surface area (Å²) in [6, 6.07) is 14.2. The fraction of sp³-hybridized carbons (Fsp3) is 0.0556. The number of hydrogen-bond donors (Lipinski definition) is 0. The van der Waals surface area contributed by atoms with Crippen molar-refractivity contribution in [3.63, 3.8) is 0 Å². The highest BCUT2D eigenvalue weighted by Crippen LogP contribution is 2.33. The lowest BCUT2D eigenvalue weighted by molar-refractivity contribution is -0.120. The molecule has 0 radical (unpaired) electrons. The van der Waals surface area contributed by atoms with Crippen molar-refractivity contribution >= 4 is 57.8 Å². The molecule has 6 heteroatoms. The smallest absolute Gasteiger partial charge is 0.268 e. The van der Waals surface area contributed by atoms with Crippen molar-refractivity contribution in [2.75, 3.05) is 0 Å². The molecule has 1 aliphatic heterocycles. The number of halogens is 1.